The molecule has 0 aliphatic heterocycles. The van der Waals surface area contributed by atoms with Gasteiger partial charge in [0.1, 0.15) is 5.75 Å². The molecule has 2 rings (SSSR count). The highest BCUT2D eigenvalue weighted by Crippen LogP contribution is 2.09. The summed E-state index contributed by atoms with van der Waals surface area (Å²) in [5.74, 6) is 0.573. The smallest absolute Gasteiger partial charge is 0.310 e. The molecule has 110 valence electrons. The van der Waals surface area contributed by atoms with E-state index in [1.807, 2.05) is 42.5 Å². The molecule has 4 heteroatoms. The maximum atomic E-state index is 11.7. The lowest BCUT2D eigenvalue weighted by Crippen LogP contribution is -2.11. The van der Waals surface area contributed by atoms with Crippen molar-refractivity contribution in [2.75, 3.05) is 18.9 Å². The minimum atomic E-state index is -0.250. The molecule has 0 radical (unpaired) electrons. The first-order valence-corrected chi connectivity index (χ1v) is 6.92. The van der Waals surface area contributed by atoms with Crippen LogP contribution in [0, 0.1) is 0 Å². The zero-order valence-electron chi connectivity index (χ0n) is 11.8. The van der Waals surface area contributed by atoms with Crippen LogP contribution in [-0.2, 0) is 16.0 Å². The van der Waals surface area contributed by atoms with Crippen molar-refractivity contribution in [2.45, 2.75) is 12.8 Å². The molecule has 0 atom stereocenters. The molecule has 2 N–H and O–H groups in total. The number of nitrogens with two attached hydrogens (primary N) is 1. The number of carbonyl (C=O) groups is 1. The van der Waals surface area contributed by atoms with E-state index in [-0.39, 0.29) is 12.4 Å². The van der Waals surface area contributed by atoms with E-state index >= 15 is 0 Å². The van der Waals surface area contributed by atoms with Crippen LogP contribution >= 0.6 is 0 Å². The zero-order valence-corrected chi connectivity index (χ0v) is 11.8. The lowest BCUT2D eigenvalue weighted by Gasteiger charge is -2.07. The maximum Gasteiger partial charge on any atom is 0.310 e. The van der Waals surface area contributed by atoms with Gasteiger partial charge in [0.2, 0.25) is 0 Å². The topological polar surface area (TPSA) is 61.6 Å². The van der Waals surface area contributed by atoms with Gasteiger partial charge in [0.25, 0.3) is 0 Å². The molecule has 4 nitrogen and oxygen atoms in total. The van der Waals surface area contributed by atoms with Crippen LogP contribution in [0.3, 0.4) is 0 Å². The number of rotatable bonds is 7. The van der Waals surface area contributed by atoms with Gasteiger partial charge in [-0.05, 0) is 29.8 Å². The molecule has 0 saturated heterocycles. The number of nitrogen functional groups attached to an aromatic ring is 1. The Balaban J connectivity index is 1.61. The SMILES string of the molecule is Nc1cccc(CC(=O)OCCCOc2ccccc2)c1. The third-order valence-electron chi connectivity index (χ3n) is 2.86. The number of esters is 1. The summed E-state index contributed by atoms with van der Waals surface area (Å²) < 4.78 is 10.7. The van der Waals surface area contributed by atoms with E-state index in [0.29, 0.717) is 25.3 Å². The fraction of sp³-hybridized carbons (Fsp3) is 0.235. The van der Waals surface area contributed by atoms with Crippen LogP contribution in [0.2, 0.25) is 0 Å². The molecular formula is C17H19NO3. The third-order valence-corrected chi connectivity index (χ3v) is 2.86. The van der Waals surface area contributed by atoms with Crippen molar-refractivity contribution in [3.05, 3.63) is 60.2 Å². The molecule has 2 aromatic rings. The van der Waals surface area contributed by atoms with Crippen LogP contribution in [0.4, 0.5) is 5.69 Å². The van der Waals surface area contributed by atoms with Gasteiger partial charge in [-0.25, -0.2) is 0 Å². The molecule has 0 aromatic heterocycles. The summed E-state index contributed by atoms with van der Waals surface area (Å²) in [4.78, 5) is 11.7. The molecular weight excluding hydrogens is 266 g/mol. The van der Waals surface area contributed by atoms with Crippen LogP contribution in [0.1, 0.15) is 12.0 Å². The normalized spacial score (nSPS) is 10.1. The Hall–Kier alpha value is -2.49. The summed E-state index contributed by atoms with van der Waals surface area (Å²) in [6.07, 6.45) is 0.905. The summed E-state index contributed by atoms with van der Waals surface area (Å²) in [6, 6.07) is 16.8. The highest BCUT2D eigenvalue weighted by Gasteiger charge is 2.05. The van der Waals surface area contributed by atoms with Crippen LogP contribution in [-0.4, -0.2) is 19.2 Å². The molecule has 0 unspecified atom stereocenters. The quantitative estimate of drug-likeness (QED) is 0.483. The molecule has 0 spiro atoms. The molecule has 0 amide bonds. The zero-order chi connectivity index (χ0) is 14.9. The van der Waals surface area contributed by atoms with Crippen molar-refractivity contribution in [3.8, 4) is 5.75 Å². The Morgan fingerprint density at radius 3 is 2.57 bits per heavy atom. The minimum Gasteiger partial charge on any atom is -0.493 e. The third kappa shape index (κ3) is 5.57. The van der Waals surface area contributed by atoms with Crippen molar-refractivity contribution in [2.24, 2.45) is 0 Å². The van der Waals surface area contributed by atoms with Gasteiger partial charge in [-0.15, -0.1) is 0 Å². The van der Waals surface area contributed by atoms with Crippen molar-refractivity contribution in [1.82, 2.24) is 0 Å². The van der Waals surface area contributed by atoms with Gasteiger partial charge in [0, 0.05) is 12.1 Å². The van der Waals surface area contributed by atoms with Gasteiger partial charge >= 0.3 is 5.97 Å². The number of carbonyl (C=O) groups excluding carboxylic acids is 1. The molecule has 2 aromatic carbocycles. The fourth-order valence-electron chi connectivity index (χ4n) is 1.87. The van der Waals surface area contributed by atoms with Crippen LogP contribution in [0.5, 0.6) is 5.75 Å². The van der Waals surface area contributed by atoms with Gasteiger partial charge in [0.05, 0.1) is 19.6 Å². The lowest BCUT2D eigenvalue weighted by molar-refractivity contribution is -0.143. The number of hydrogen-bond acceptors (Lipinski definition) is 4. The minimum absolute atomic E-state index is 0.241. The first-order chi connectivity index (χ1) is 10.2. The average molecular weight is 285 g/mol. The predicted octanol–water partition coefficient (Wildman–Crippen LogP) is 2.82. The first-order valence-electron chi connectivity index (χ1n) is 6.92. The van der Waals surface area contributed by atoms with E-state index in [1.165, 1.54) is 0 Å². The molecule has 21 heavy (non-hydrogen) atoms. The number of benzene rings is 2. The molecule has 0 aliphatic rings. The van der Waals surface area contributed by atoms with E-state index in [4.69, 9.17) is 15.2 Å². The highest BCUT2D eigenvalue weighted by atomic mass is 16.5. The van der Waals surface area contributed by atoms with Gasteiger partial charge in [0.15, 0.2) is 0 Å². The second kappa shape index (κ2) is 7.94. The van der Waals surface area contributed by atoms with Gasteiger partial charge in [-0.1, -0.05) is 30.3 Å². The van der Waals surface area contributed by atoms with E-state index in [9.17, 15) is 4.79 Å². The summed E-state index contributed by atoms with van der Waals surface area (Å²) in [6.45, 7) is 0.879. The predicted molar refractivity (Wildman–Crippen MR) is 82.1 cm³/mol. The average Bonchev–Trinajstić information content (AvgIpc) is 2.48. The van der Waals surface area contributed by atoms with Crippen molar-refractivity contribution in [1.29, 1.82) is 0 Å². The molecule has 0 aliphatic carbocycles. The van der Waals surface area contributed by atoms with E-state index in [2.05, 4.69) is 0 Å². The van der Waals surface area contributed by atoms with E-state index in [0.717, 1.165) is 11.3 Å². The van der Waals surface area contributed by atoms with Gasteiger partial charge < -0.3 is 15.2 Å². The van der Waals surface area contributed by atoms with Crippen molar-refractivity contribution < 1.29 is 14.3 Å². The Kier molecular flexibility index (Phi) is 5.64. The van der Waals surface area contributed by atoms with Crippen molar-refractivity contribution >= 4 is 11.7 Å². The second-order valence-corrected chi connectivity index (χ2v) is 4.66. The van der Waals surface area contributed by atoms with Crippen LogP contribution in [0.25, 0.3) is 0 Å². The lowest BCUT2D eigenvalue weighted by atomic mass is 10.1. The highest BCUT2D eigenvalue weighted by molar-refractivity contribution is 5.72. The summed E-state index contributed by atoms with van der Waals surface area (Å²) in [7, 11) is 0. The van der Waals surface area contributed by atoms with Crippen LogP contribution in [0.15, 0.2) is 54.6 Å². The number of anilines is 1. The Bertz CT molecular complexity index is 569. The molecule has 0 heterocycles. The number of hydrogen-bond donors (Lipinski definition) is 1. The van der Waals surface area contributed by atoms with E-state index in [1.54, 1.807) is 12.1 Å². The van der Waals surface area contributed by atoms with Gasteiger partial charge in [-0.2, -0.15) is 0 Å². The van der Waals surface area contributed by atoms with Crippen LogP contribution < -0.4 is 10.5 Å². The molecule has 0 fully saturated rings. The Labute approximate surface area is 124 Å². The van der Waals surface area contributed by atoms with Gasteiger partial charge in [-0.3, -0.25) is 4.79 Å². The van der Waals surface area contributed by atoms with Crippen molar-refractivity contribution in [3.63, 3.8) is 0 Å². The Morgan fingerprint density at radius 1 is 1.00 bits per heavy atom. The summed E-state index contributed by atoms with van der Waals surface area (Å²) in [5.41, 5.74) is 7.17. The van der Waals surface area contributed by atoms with E-state index < -0.39 is 0 Å². The standard InChI is InChI=1S/C17H19NO3/c18-15-7-4-6-14(12-15)13-17(19)21-11-5-10-20-16-8-2-1-3-9-16/h1-4,6-9,12H,5,10-11,13,18H2. The number of ether oxygens (including phenoxy) is 2. The largest absolute Gasteiger partial charge is 0.493 e. The summed E-state index contributed by atoms with van der Waals surface area (Å²) in [5, 5.41) is 0. The Morgan fingerprint density at radius 2 is 1.81 bits per heavy atom. The summed E-state index contributed by atoms with van der Waals surface area (Å²) >= 11 is 0. The fourth-order valence-corrected chi connectivity index (χ4v) is 1.87. The molecule has 0 saturated carbocycles. The second-order valence-electron chi connectivity index (χ2n) is 4.66. The monoisotopic (exact) mass is 285 g/mol. The number of para-hydroxylation sites is 1. The molecule has 0 bridgehead atoms. The first kappa shape index (κ1) is 14.9. The maximum absolute atomic E-state index is 11.7.